The summed E-state index contributed by atoms with van der Waals surface area (Å²) < 4.78 is 10.8. The lowest BCUT2D eigenvalue weighted by molar-refractivity contribution is 0.0526. The predicted octanol–water partition coefficient (Wildman–Crippen LogP) is 1.64. The van der Waals surface area contributed by atoms with E-state index in [0.717, 1.165) is 0 Å². The molecule has 24 heavy (non-hydrogen) atoms. The van der Waals surface area contributed by atoms with E-state index in [0.29, 0.717) is 5.69 Å². The first-order chi connectivity index (χ1) is 11.5. The second kappa shape index (κ2) is 7.40. The van der Waals surface area contributed by atoms with E-state index >= 15 is 0 Å². The molecule has 1 aromatic heterocycles. The molecule has 0 fully saturated rings. The monoisotopic (exact) mass is 331 g/mol. The fourth-order valence-corrected chi connectivity index (χ4v) is 2.04. The summed E-state index contributed by atoms with van der Waals surface area (Å²) in [6, 6.07) is 7.78. The number of hydrogen-bond acceptors (Lipinski definition) is 6. The minimum Gasteiger partial charge on any atom is -0.464 e. The molecular formula is C16H17N3O5. The van der Waals surface area contributed by atoms with Crippen molar-refractivity contribution in [3.63, 3.8) is 0 Å². The second-order valence-electron chi connectivity index (χ2n) is 4.75. The zero-order valence-electron chi connectivity index (χ0n) is 13.5. The molecule has 1 aromatic carbocycles. The molecule has 0 spiro atoms. The molecule has 0 saturated heterocycles. The average Bonchev–Trinajstić information content (AvgIpc) is 2.97. The summed E-state index contributed by atoms with van der Waals surface area (Å²) in [7, 11) is 2.76. The molecule has 0 bridgehead atoms. The number of methoxy groups -OCH3 is 1. The number of nitrogens with zero attached hydrogens (tertiary/aromatic N) is 2. The number of nitrogens with one attached hydrogen (secondary N) is 1. The Hall–Kier alpha value is -3.16. The highest BCUT2D eigenvalue weighted by atomic mass is 16.5. The maximum Gasteiger partial charge on any atom is 0.356 e. The van der Waals surface area contributed by atoms with Gasteiger partial charge in [-0.1, -0.05) is 12.1 Å². The van der Waals surface area contributed by atoms with E-state index in [4.69, 9.17) is 4.74 Å². The topological polar surface area (TPSA) is 99.5 Å². The molecule has 0 aliphatic rings. The first-order valence-electron chi connectivity index (χ1n) is 7.17. The summed E-state index contributed by atoms with van der Waals surface area (Å²) in [5.41, 5.74) is 0.695. The number of carbonyl (C=O) groups excluding carboxylic acids is 3. The van der Waals surface area contributed by atoms with Crippen LogP contribution in [0.5, 0.6) is 0 Å². The van der Waals surface area contributed by atoms with Crippen molar-refractivity contribution in [2.24, 2.45) is 7.05 Å². The average molecular weight is 331 g/mol. The van der Waals surface area contributed by atoms with Crippen LogP contribution in [0.25, 0.3) is 0 Å². The molecule has 1 N–H and O–H groups in total. The van der Waals surface area contributed by atoms with Gasteiger partial charge in [0.2, 0.25) is 0 Å². The van der Waals surface area contributed by atoms with Crippen LogP contribution in [0.3, 0.4) is 0 Å². The van der Waals surface area contributed by atoms with E-state index < -0.39 is 17.8 Å². The third-order valence-corrected chi connectivity index (χ3v) is 3.18. The summed E-state index contributed by atoms with van der Waals surface area (Å²) >= 11 is 0. The highest BCUT2D eigenvalue weighted by molar-refractivity contribution is 6.07. The van der Waals surface area contributed by atoms with Crippen LogP contribution < -0.4 is 5.32 Å². The number of esters is 2. The number of hydrogen-bond donors (Lipinski definition) is 1. The minimum atomic E-state index is -0.601. The van der Waals surface area contributed by atoms with Crippen molar-refractivity contribution >= 4 is 23.5 Å². The molecule has 0 atom stereocenters. The minimum absolute atomic E-state index is 0.0246. The highest BCUT2D eigenvalue weighted by Crippen LogP contribution is 2.17. The largest absolute Gasteiger partial charge is 0.464 e. The number of aryl methyl sites for hydroxylation is 1. The van der Waals surface area contributed by atoms with Gasteiger partial charge in [-0.05, 0) is 19.1 Å². The van der Waals surface area contributed by atoms with Crippen molar-refractivity contribution in [1.29, 1.82) is 0 Å². The Balaban J connectivity index is 2.25. The Morgan fingerprint density at radius 2 is 1.92 bits per heavy atom. The van der Waals surface area contributed by atoms with E-state index in [1.54, 1.807) is 31.2 Å². The lowest BCUT2D eigenvalue weighted by Gasteiger charge is -2.09. The molecule has 2 rings (SSSR count). The molecule has 1 heterocycles. The summed E-state index contributed by atoms with van der Waals surface area (Å²) in [6.45, 7) is 1.92. The first kappa shape index (κ1) is 17.2. The van der Waals surface area contributed by atoms with Crippen LogP contribution in [-0.4, -0.2) is 41.3 Å². The van der Waals surface area contributed by atoms with E-state index in [-0.39, 0.29) is 23.6 Å². The maximum absolute atomic E-state index is 12.3. The number of benzene rings is 1. The number of ether oxygens (including phenoxy) is 2. The molecule has 2 aromatic rings. The van der Waals surface area contributed by atoms with Gasteiger partial charge in [-0.15, -0.1) is 0 Å². The van der Waals surface area contributed by atoms with Crippen LogP contribution in [0, 0.1) is 0 Å². The summed E-state index contributed by atoms with van der Waals surface area (Å²) in [5.74, 6) is -1.70. The van der Waals surface area contributed by atoms with E-state index in [9.17, 15) is 14.4 Å². The standard InChI is InChI=1S/C16H17N3O5/c1-4-24-15(21)10-7-5-6-8-11(10)17-14(20)12-9-13(16(22)23-3)19(2)18-12/h5-9H,4H2,1-3H3,(H,17,20). The Morgan fingerprint density at radius 1 is 1.21 bits per heavy atom. The third kappa shape index (κ3) is 3.60. The molecule has 0 radical (unpaired) electrons. The molecule has 1 amide bonds. The van der Waals surface area contributed by atoms with Gasteiger partial charge in [0.1, 0.15) is 5.69 Å². The normalized spacial score (nSPS) is 10.1. The van der Waals surface area contributed by atoms with Crippen LogP contribution in [0.15, 0.2) is 30.3 Å². The smallest absolute Gasteiger partial charge is 0.356 e. The number of amides is 1. The second-order valence-corrected chi connectivity index (χ2v) is 4.75. The summed E-state index contributed by atoms with van der Waals surface area (Å²) in [6.07, 6.45) is 0. The van der Waals surface area contributed by atoms with E-state index in [1.807, 2.05) is 0 Å². The van der Waals surface area contributed by atoms with Crippen molar-refractivity contribution in [1.82, 2.24) is 9.78 Å². The molecule has 126 valence electrons. The molecule has 0 aliphatic carbocycles. The fraction of sp³-hybridized carbons (Fsp3) is 0.250. The van der Waals surface area contributed by atoms with Crippen molar-refractivity contribution < 1.29 is 23.9 Å². The molecular weight excluding hydrogens is 314 g/mol. The SMILES string of the molecule is CCOC(=O)c1ccccc1NC(=O)c1cc(C(=O)OC)n(C)n1. The van der Waals surface area contributed by atoms with Gasteiger partial charge in [0.05, 0.1) is 25.0 Å². The van der Waals surface area contributed by atoms with E-state index in [2.05, 4.69) is 15.2 Å². The number of rotatable bonds is 5. The first-order valence-corrected chi connectivity index (χ1v) is 7.17. The Labute approximate surface area is 138 Å². The fourth-order valence-electron chi connectivity index (χ4n) is 2.04. The van der Waals surface area contributed by atoms with Crippen LogP contribution in [0.1, 0.15) is 38.3 Å². The Morgan fingerprint density at radius 3 is 2.58 bits per heavy atom. The molecule has 0 saturated carbocycles. The van der Waals surface area contributed by atoms with Gasteiger partial charge in [-0.3, -0.25) is 9.48 Å². The molecule has 0 aliphatic heterocycles. The molecule has 8 heteroatoms. The maximum atomic E-state index is 12.3. The van der Waals surface area contributed by atoms with Crippen molar-refractivity contribution in [3.05, 3.63) is 47.3 Å². The van der Waals surface area contributed by atoms with Crippen LogP contribution >= 0.6 is 0 Å². The van der Waals surface area contributed by atoms with Crippen LogP contribution in [0.4, 0.5) is 5.69 Å². The van der Waals surface area contributed by atoms with Crippen LogP contribution in [0.2, 0.25) is 0 Å². The van der Waals surface area contributed by atoms with Crippen molar-refractivity contribution in [2.45, 2.75) is 6.92 Å². The van der Waals surface area contributed by atoms with Gasteiger partial charge in [0, 0.05) is 13.1 Å². The highest BCUT2D eigenvalue weighted by Gasteiger charge is 2.20. The number of aromatic nitrogens is 2. The lowest BCUT2D eigenvalue weighted by atomic mass is 10.1. The quantitative estimate of drug-likeness (QED) is 0.836. The predicted molar refractivity (Wildman–Crippen MR) is 84.9 cm³/mol. The zero-order valence-corrected chi connectivity index (χ0v) is 13.5. The zero-order chi connectivity index (χ0) is 17.7. The third-order valence-electron chi connectivity index (χ3n) is 3.18. The number of anilines is 1. The molecule has 8 nitrogen and oxygen atoms in total. The van der Waals surface area contributed by atoms with Gasteiger partial charge in [-0.25, -0.2) is 9.59 Å². The van der Waals surface area contributed by atoms with Gasteiger partial charge < -0.3 is 14.8 Å². The van der Waals surface area contributed by atoms with Gasteiger partial charge >= 0.3 is 11.9 Å². The number of carbonyl (C=O) groups is 3. The number of para-hydroxylation sites is 1. The molecule has 0 unspecified atom stereocenters. The van der Waals surface area contributed by atoms with Gasteiger partial charge in [-0.2, -0.15) is 5.10 Å². The van der Waals surface area contributed by atoms with E-state index in [1.165, 1.54) is 24.9 Å². The van der Waals surface area contributed by atoms with Gasteiger partial charge in [0.25, 0.3) is 5.91 Å². The Bertz CT molecular complexity index is 782. The van der Waals surface area contributed by atoms with Crippen molar-refractivity contribution in [3.8, 4) is 0 Å². The summed E-state index contributed by atoms with van der Waals surface area (Å²) in [5, 5.41) is 6.57. The Kier molecular flexibility index (Phi) is 5.31. The van der Waals surface area contributed by atoms with Gasteiger partial charge in [0.15, 0.2) is 5.69 Å². The van der Waals surface area contributed by atoms with Crippen LogP contribution in [-0.2, 0) is 16.5 Å². The van der Waals surface area contributed by atoms with Crippen molar-refractivity contribution in [2.75, 3.05) is 19.0 Å². The lowest BCUT2D eigenvalue weighted by Crippen LogP contribution is -2.16. The summed E-state index contributed by atoms with van der Waals surface area (Å²) in [4.78, 5) is 35.8.